The van der Waals surface area contributed by atoms with E-state index in [4.69, 9.17) is 16.3 Å². The third kappa shape index (κ3) is 4.85. The fourth-order valence-corrected chi connectivity index (χ4v) is 2.19. The lowest BCUT2D eigenvalue weighted by molar-refractivity contribution is -0.385. The number of halogens is 4. The zero-order chi connectivity index (χ0) is 20.4. The number of imide groups is 1. The van der Waals surface area contributed by atoms with Gasteiger partial charge in [0.1, 0.15) is 23.2 Å². The van der Waals surface area contributed by atoms with E-state index >= 15 is 0 Å². The smallest absolute Gasteiger partial charge is 0.416 e. The van der Waals surface area contributed by atoms with Crippen molar-refractivity contribution in [1.82, 2.24) is 5.32 Å². The van der Waals surface area contributed by atoms with E-state index in [9.17, 15) is 38.0 Å². The first-order chi connectivity index (χ1) is 12.5. The largest absolute Gasteiger partial charge is 0.530 e. The van der Waals surface area contributed by atoms with Gasteiger partial charge in [-0.3, -0.25) is 14.9 Å². The van der Waals surface area contributed by atoms with Gasteiger partial charge in [0.2, 0.25) is 0 Å². The van der Waals surface area contributed by atoms with Crippen molar-refractivity contribution >= 4 is 29.3 Å². The van der Waals surface area contributed by atoms with Crippen LogP contribution in [0.2, 0.25) is 5.02 Å². The lowest BCUT2D eigenvalue weighted by Gasteiger charge is -2.12. The molecule has 2 amide bonds. The molecule has 2 rings (SSSR count). The summed E-state index contributed by atoms with van der Waals surface area (Å²) >= 11 is 5.74. The molecule has 0 bridgehead atoms. The number of alkyl halides is 3. The average Bonchev–Trinajstić information content (AvgIpc) is 2.54. The molecule has 0 aliphatic carbocycles. The van der Waals surface area contributed by atoms with Gasteiger partial charge in [-0.05, 0) is 24.3 Å². The Kier molecular flexibility index (Phi) is 5.55. The Hall–Kier alpha value is -3.34. The second-order valence-corrected chi connectivity index (χ2v) is 5.33. The number of amides is 2. The van der Waals surface area contributed by atoms with Crippen molar-refractivity contribution in [1.29, 1.82) is 0 Å². The minimum atomic E-state index is -4.62. The maximum Gasteiger partial charge on any atom is 0.416 e. The zero-order valence-electron chi connectivity index (χ0n) is 12.9. The number of nitro benzene ring substituents is 1. The van der Waals surface area contributed by atoms with Crippen LogP contribution < -0.4 is 15.2 Å². The molecule has 12 heteroatoms. The molecule has 0 fully saturated rings. The van der Waals surface area contributed by atoms with E-state index in [-0.39, 0.29) is 11.5 Å². The molecule has 0 heterocycles. The van der Waals surface area contributed by atoms with Crippen LogP contribution in [0.1, 0.15) is 15.9 Å². The highest BCUT2D eigenvalue weighted by molar-refractivity contribution is 6.32. The summed E-state index contributed by atoms with van der Waals surface area (Å²) in [5.41, 5.74) is -2.40. The first-order valence-corrected chi connectivity index (χ1v) is 7.22. The number of carbonyl (C=O) groups excluding carboxylic acids is 2. The Balaban J connectivity index is 2.38. The van der Waals surface area contributed by atoms with E-state index in [1.807, 2.05) is 0 Å². The third-order valence-electron chi connectivity index (χ3n) is 3.11. The molecule has 27 heavy (non-hydrogen) atoms. The highest BCUT2D eigenvalue weighted by atomic mass is 35.5. The number of carbonyl (C=O) groups is 2. The van der Waals surface area contributed by atoms with Crippen LogP contribution in [-0.2, 0) is 6.18 Å². The van der Waals surface area contributed by atoms with Crippen molar-refractivity contribution < 1.29 is 37.5 Å². The summed E-state index contributed by atoms with van der Waals surface area (Å²) < 4.78 is 43.1. The van der Waals surface area contributed by atoms with Gasteiger partial charge < -0.3 is 20.0 Å². The molecule has 0 spiro atoms. The summed E-state index contributed by atoms with van der Waals surface area (Å²) in [5, 5.41) is 22.3. The quantitative estimate of drug-likeness (QED) is 0.618. The highest BCUT2D eigenvalue weighted by Gasteiger charge is 2.31. The topological polar surface area (TPSA) is 122 Å². The molecule has 142 valence electrons. The van der Waals surface area contributed by atoms with E-state index in [2.05, 4.69) is 0 Å². The predicted molar refractivity (Wildman–Crippen MR) is 82.5 cm³/mol. The number of hydrogen-bond acceptors (Lipinski definition) is 6. The van der Waals surface area contributed by atoms with E-state index in [1.165, 1.54) is 5.32 Å². The van der Waals surface area contributed by atoms with Gasteiger partial charge >= 0.3 is 6.18 Å². The standard InChI is InChI=1S/C15H8ClF3N2O6/c16-10-5-7(15(17,18)19)1-4-12(10)27-8-2-3-11(21(25)26)9(6-8)13(22)20-14(23)24/h1-6H,(H,20,22)(H,23,24)/p-1. The fourth-order valence-electron chi connectivity index (χ4n) is 1.97. The number of nitrogens with one attached hydrogen (secondary N) is 1. The molecule has 0 atom stereocenters. The fraction of sp³-hybridized carbons (Fsp3) is 0.0667. The van der Waals surface area contributed by atoms with Crippen molar-refractivity contribution in [3.63, 3.8) is 0 Å². The molecular formula is C15H7ClF3N2O6-. The molecule has 1 N–H and O–H groups in total. The first kappa shape index (κ1) is 20.0. The van der Waals surface area contributed by atoms with Gasteiger partial charge in [0.15, 0.2) is 0 Å². The Morgan fingerprint density at radius 2 is 1.81 bits per heavy atom. The van der Waals surface area contributed by atoms with Crippen LogP contribution in [0.15, 0.2) is 36.4 Å². The van der Waals surface area contributed by atoms with Gasteiger partial charge in [0, 0.05) is 12.1 Å². The van der Waals surface area contributed by atoms with Gasteiger partial charge in [-0.2, -0.15) is 13.2 Å². The maximum atomic E-state index is 12.6. The highest BCUT2D eigenvalue weighted by Crippen LogP contribution is 2.37. The van der Waals surface area contributed by atoms with Crippen LogP contribution in [0.3, 0.4) is 0 Å². The second-order valence-electron chi connectivity index (χ2n) is 4.92. The van der Waals surface area contributed by atoms with Crippen molar-refractivity contribution in [2.75, 3.05) is 0 Å². The Morgan fingerprint density at radius 3 is 2.33 bits per heavy atom. The molecule has 0 radical (unpaired) electrons. The van der Waals surface area contributed by atoms with Gasteiger partial charge in [-0.25, -0.2) is 0 Å². The maximum absolute atomic E-state index is 12.6. The third-order valence-corrected chi connectivity index (χ3v) is 3.41. The van der Waals surface area contributed by atoms with Crippen LogP contribution in [0.25, 0.3) is 0 Å². The van der Waals surface area contributed by atoms with Crippen LogP contribution >= 0.6 is 11.6 Å². The van der Waals surface area contributed by atoms with Gasteiger partial charge in [0.05, 0.1) is 15.5 Å². The minimum absolute atomic E-state index is 0.203. The normalized spacial score (nSPS) is 11.0. The molecule has 0 aliphatic rings. The number of nitrogens with zero attached hydrogens (tertiary/aromatic N) is 1. The predicted octanol–water partition coefficient (Wildman–Crippen LogP) is 3.13. The van der Waals surface area contributed by atoms with Gasteiger partial charge in [-0.1, -0.05) is 11.6 Å². The molecule has 0 aliphatic heterocycles. The van der Waals surface area contributed by atoms with Gasteiger partial charge in [0.25, 0.3) is 11.6 Å². The van der Waals surface area contributed by atoms with Crippen LogP contribution in [0.5, 0.6) is 11.5 Å². The van der Waals surface area contributed by atoms with Crippen LogP contribution in [-0.4, -0.2) is 16.9 Å². The Bertz CT molecular complexity index is 932. The summed E-state index contributed by atoms with van der Waals surface area (Å²) in [4.78, 5) is 32.2. The van der Waals surface area contributed by atoms with Crippen molar-refractivity contribution in [3.05, 3.63) is 62.7 Å². The molecule has 2 aromatic carbocycles. The van der Waals surface area contributed by atoms with E-state index < -0.39 is 44.9 Å². The molecule has 0 saturated heterocycles. The molecule has 0 aromatic heterocycles. The first-order valence-electron chi connectivity index (χ1n) is 6.84. The lowest BCUT2D eigenvalue weighted by atomic mass is 10.1. The summed E-state index contributed by atoms with van der Waals surface area (Å²) in [6.07, 6.45) is -6.60. The second kappa shape index (κ2) is 7.50. The van der Waals surface area contributed by atoms with Crippen LogP contribution in [0, 0.1) is 10.1 Å². The monoisotopic (exact) mass is 403 g/mol. The van der Waals surface area contributed by atoms with E-state index in [1.54, 1.807) is 0 Å². The summed E-state index contributed by atoms with van der Waals surface area (Å²) in [5.74, 6) is -1.76. The zero-order valence-corrected chi connectivity index (χ0v) is 13.6. The molecular weight excluding hydrogens is 397 g/mol. The summed E-state index contributed by atoms with van der Waals surface area (Å²) in [7, 11) is 0. The SMILES string of the molecule is O=C([O-])NC(=O)c1cc(Oc2ccc(C(F)(F)F)cc2Cl)ccc1[N+](=O)[O-]. The molecule has 8 nitrogen and oxygen atoms in total. The molecule has 0 unspecified atom stereocenters. The van der Waals surface area contributed by atoms with Crippen molar-refractivity contribution in [3.8, 4) is 11.5 Å². The number of hydrogen-bond donors (Lipinski definition) is 1. The number of carboxylic acid groups (broad SMARTS) is 1. The molecule has 2 aromatic rings. The van der Waals surface area contributed by atoms with Gasteiger partial charge in [-0.15, -0.1) is 0 Å². The van der Waals surface area contributed by atoms with E-state index in [0.717, 1.165) is 24.3 Å². The summed E-state index contributed by atoms with van der Waals surface area (Å²) in [6, 6.07) is 5.00. The van der Waals surface area contributed by atoms with Crippen molar-refractivity contribution in [2.24, 2.45) is 0 Å². The summed E-state index contributed by atoms with van der Waals surface area (Å²) in [6.45, 7) is 0. The Morgan fingerprint density at radius 1 is 1.15 bits per heavy atom. The lowest BCUT2D eigenvalue weighted by Crippen LogP contribution is -2.40. The average molecular weight is 404 g/mol. The minimum Gasteiger partial charge on any atom is -0.530 e. The number of nitro groups is 1. The van der Waals surface area contributed by atoms with Crippen molar-refractivity contribution in [2.45, 2.75) is 6.18 Å². The number of benzene rings is 2. The Labute approximate surface area is 153 Å². The van der Waals surface area contributed by atoms with Crippen LogP contribution in [0.4, 0.5) is 23.7 Å². The van der Waals surface area contributed by atoms with E-state index in [0.29, 0.717) is 12.1 Å². The number of rotatable bonds is 4. The number of ether oxygens (including phenoxy) is 1. The molecule has 0 saturated carbocycles.